The van der Waals surface area contributed by atoms with E-state index >= 15 is 0 Å². The molecule has 6 heteroatoms. The van der Waals surface area contributed by atoms with Gasteiger partial charge < -0.3 is 0 Å². The van der Waals surface area contributed by atoms with Crippen LogP contribution in [0.25, 0.3) is 0 Å². The fourth-order valence-electron chi connectivity index (χ4n) is 3.86. The number of thioether (sulfide) groups is 6. The van der Waals surface area contributed by atoms with Crippen LogP contribution in [0, 0.1) is 0 Å². The van der Waals surface area contributed by atoms with Gasteiger partial charge in [0.15, 0.2) is 0 Å². The lowest BCUT2D eigenvalue weighted by Crippen LogP contribution is -1.85. The van der Waals surface area contributed by atoms with Crippen molar-refractivity contribution in [1.82, 2.24) is 0 Å². The second-order valence-electron chi connectivity index (χ2n) is 9.32. The fraction of sp³-hybridized carbons (Fsp3) is 0.786. The number of rotatable bonds is 20. The van der Waals surface area contributed by atoms with Crippen molar-refractivity contribution in [2.75, 3.05) is 11.5 Å². The topological polar surface area (TPSA) is 0 Å². The number of allylic oxidation sites excluding steroid dienone is 2. The Morgan fingerprint density at radius 1 is 0.441 bits per heavy atom. The quantitative estimate of drug-likeness (QED) is 0.131. The smallest absolute Gasteiger partial charge is 0.0717 e. The van der Waals surface area contributed by atoms with Crippen LogP contribution < -0.4 is 0 Å². The van der Waals surface area contributed by atoms with E-state index in [0.717, 1.165) is 0 Å². The standard InChI is InChI=1S/C28H48S6/c1-5-7-9-11-13-15-17-19-21-29-25-26(30-22-20-18-16-14-12-10-8-6-2)34-28(33-25)27-31-23(3)24(4)32-27/h5-22H2,1-4H3. The molecule has 0 bridgehead atoms. The maximum atomic E-state index is 2.30. The molecule has 0 aromatic rings. The van der Waals surface area contributed by atoms with Crippen molar-refractivity contribution < 1.29 is 0 Å². The highest BCUT2D eigenvalue weighted by Crippen LogP contribution is 2.63. The highest BCUT2D eigenvalue weighted by atomic mass is 32.3. The molecule has 196 valence electrons. The Hall–Kier alpha value is 1.32. The van der Waals surface area contributed by atoms with Gasteiger partial charge in [-0.15, -0.1) is 23.5 Å². The van der Waals surface area contributed by atoms with Crippen LogP contribution in [-0.2, 0) is 0 Å². The minimum absolute atomic E-state index is 1.29. The van der Waals surface area contributed by atoms with Crippen LogP contribution in [0.15, 0.2) is 26.8 Å². The van der Waals surface area contributed by atoms with E-state index < -0.39 is 0 Å². The van der Waals surface area contributed by atoms with E-state index in [9.17, 15) is 0 Å². The van der Waals surface area contributed by atoms with Crippen LogP contribution in [0.4, 0.5) is 0 Å². The molecule has 0 aromatic carbocycles. The van der Waals surface area contributed by atoms with Gasteiger partial charge in [-0.05, 0) is 48.0 Å². The summed E-state index contributed by atoms with van der Waals surface area (Å²) in [4.78, 5) is 2.98. The Labute approximate surface area is 237 Å². The van der Waals surface area contributed by atoms with E-state index in [1.807, 2.05) is 23.5 Å². The molecule has 34 heavy (non-hydrogen) atoms. The second-order valence-corrected chi connectivity index (χ2v) is 17.1. The summed E-state index contributed by atoms with van der Waals surface area (Å²) in [5, 5.41) is 0. The summed E-state index contributed by atoms with van der Waals surface area (Å²) in [6, 6.07) is 0. The lowest BCUT2D eigenvalue weighted by molar-refractivity contribution is 0.586. The van der Waals surface area contributed by atoms with Gasteiger partial charge in [0.2, 0.25) is 0 Å². The van der Waals surface area contributed by atoms with Crippen LogP contribution in [0.3, 0.4) is 0 Å². The van der Waals surface area contributed by atoms with E-state index in [1.54, 1.807) is 12.7 Å². The van der Waals surface area contributed by atoms with Crippen LogP contribution >= 0.6 is 70.6 Å². The lowest BCUT2D eigenvalue weighted by Gasteiger charge is -2.06. The highest BCUT2D eigenvalue weighted by Gasteiger charge is 2.28. The molecule has 0 amide bonds. The van der Waals surface area contributed by atoms with Gasteiger partial charge in [0.05, 0.1) is 16.9 Å². The highest BCUT2D eigenvalue weighted by molar-refractivity contribution is 8.42. The SMILES string of the molecule is CCCCCCCCCCSC1=C(SCCCCCCCCCC)SC(=C2SC(C)=C(C)S2)S1. The Bertz CT molecular complexity index is 612. The Balaban J connectivity index is 1.71. The first-order valence-electron chi connectivity index (χ1n) is 13.8. The third kappa shape index (κ3) is 13.2. The molecule has 2 aliphatic rings. The molecule has 0 spiro atoms. The first kappa shape index (κ1) is 31.5. The van der Waals surface area contributed by atoms with Crippen LogP contribution in [0.5, 0.6) is 0 Å². The van der Waals surface area contributed by atoms with Crippen molar-refractivity contribution in [3.63, 3.8) is 0 Å². The van der Waals surface area contributed by atoms with Gasteiger partial charge in [-0.2, -0.15) is 0 Å². The average molecular weight is 577 g/mol. The number of hydrogen-bond acceptors (Lipinski definition) is 6. The van der Waals surface area contributed by atoms with Crippen LogP contribution in [0.2, 0.25) is 0 Å². The van der Waals surface area contributed by atoms with Crippen LogP contribution in [0.1, 0.15) is 130 Å². The Morgan fingerprint density at radius 2 is 0.765 bits per heavy atom. The average Bonchev–Trinajstić information content (AvgIpc) is 3.39. The molecule has 0 atom stereocenters. The predicted octanol–water partition coefficient (Wildman–Crippen LogP) is 13.2. The lowest BCUT2D eigenvalue weighted by atomic mass is 10.1. The summed E-state index contributed by atoms with van der Waals surface area (Å²) >= 11 is 12.4. The summed E-state index contributed by atoms with van der Waals surface area (Å²) in [6.07, 6.45) is 22.6. The molecule has 0 fully saturated rings. The molecule has 2 heterocycles. The summed E-state index contributed by atoms with van der Waals surface area (Å²) in [5.74, 6) is 2.58. The molecule has 0 nitrogen and oxygen atoms in total. The minimum Gasteiger partial charge on any atom is -0.117 e. The molecule has 0 N–H and O–H groups in total. The summed E-state index contributed by atoms with van der Waals surface area (Å²) in [5.41, 5.74) is 0. The van der Waals surface area contributed by atoms with Crippen molar-refractivity contribution in [3.8, 4) is 0 Å². The maximum Gasteiger partial charge on any atom is 0.0717 e. The van der Waals surface area contributed by atoms with E-state index in [-0.39, 0.29) is 0 Å². The summed E-state index contributed by atoms with van der Waals surface area (Å²) in [6.45, 7) is 9.15. The number of hydrogen-bond donors (Lipinski definition) is 0. The third-order valence-electron chi connectivity index (χ3n) is 6.15. The second kappa shape index (κ2) is 20.3. The summed E-state index contributed by atoms with van der Waals surface area (Å²) < 4.78 is 6.27. The van der Waals surface area contributed by atoms with Gasteiger partial charge in [-0.25, -0.2) is 0 Å². The Kier molecular flexibility index (Phi) is 18.8. The van der Waals surface area contributed by atoms with Crippen molar-refractivity contribution in [3.05, 3.63) is 26.8 Å². The zero-order valence-corrected chi connectivity index (χ0v) is 27.1. The van der Waals surface area contributed by atoms with Crippen molar-refractivity contribution in [1.29, 1.82) is 0 Å². The normalized spacial score (nSPS) is 16.6. The molecule has 0 saturated carbocycles. The van der Waals surface area contributed by atoms with Crippen molar-refractivity contribution >= 4 is 70.6 Å². The van der Waals surface area contributed by atoms with Crippen molar-refractivity contribution in [2.45, 2.75) is 130 Å². The van der Waals surface area contributed by atoms with E-state index in [0.29, 0.717) is 0 Å². The van der Waals surface area contributed by atoms with Gasteiger partial charge in [0, 0.05) is 0 Å². The first-order chi connectivity index (χ1) is 16.7. The van der Waals surface area contributed by atoms with Crippen LogP contribution in [-0.4, -0.2) is 11.5 Å². The molecular formula is C28H48S6. The third-order valence-corrected chi connectivity index (χ3v) is 15.0. The van der Waals surface area contributed by atoms with Gasteiger partial charge in [-0.3, -0.25) is 0 Å². The zero-order valence-electron chi connectivity index (χ0n) is 22.2. The van der Waals surface area contributed by atoms with Gasteiger partial charge in [0.25, 0.3) is 0 Å². The maximum absolute atomic E-state index is 2.30. The largest absolute Gasteiger partial charge is 0.117 e. The number of unbranched alkanes of at least 4 members (excludes halogenated alkanes) is 14. The van der Waals surface area contributed by atoms with Gasteiger partial charge in [0.1, 0.15) is 0 Å². The monoisotopic (exact) mass is 576 g/mol. The first-order valence-corrected chi connectivity index (χ1v) is 19.0. The zero-order chi connectivity index (χ0) is 24.4. The van der Waals surface area contributed by atoms with E-state index in [1.165, 1.54) is 128 Å². The molecule has 0 saturated heterocycles. The molecule has 0 radical (unpaired) electrons. The molecular weight excluding hydrogens is 529 g/mol. The van der Waals surface area contributed by atoms with E-state index in [4.69, 9.17) is 0 Å². The molecule has 0 unspecified atom stereocenters. The van der Waals surface area contributed by atoms with Gasteiger partial charge in [-0.1, -0.05) is 151 Å². The predicted molar refractivity (Wildman–Crippen MR) is 173 cm³/mol. The van der Waals surface area contributed by atoms with Gasteiger partial charge >= 0.3 is 0 Å². The fourth-order valence-corrected chi connectivity index (χ4v) is 12.7. The minimum atomic E-state index is 1.29. The van der Waals surface area contributed by atoms with Crippen molar-refractivity contribution in [2.24, 2.45) is 0 Å². The van der Waals surface area contributed by atoms with E-state index in [2.05, 4.69) is 74.7 Å². The molecule has 0 aromatic heterocycles. The molecule has 0 aliphatic carbocycles. The molecule has 2 rings (SSSR count). The molecule has 2 aliphatic heterocycles. The Morgan fingerprint density at radius 3 is 1.15 bits per heavy atom. The summed E-state index contributed by atoms with van der Waals surface area (Å²) in [7, 11) is 0.